The fourth-order valence-corrected chi connectivity index (χ4v) is 3.15. The summed E-state index contributed by atoms with van der Waals surface area (Å²) < 4.78 is 6.44. The number of benzene rings is 2. The van der Waals surface area contributed by atoms with Gasteiger partial charge < -0.3 is 4.74 Å². The van der Waals surface area contributed by atoms with Crippen molar-refractivity contribution in [2.75, 3.05) is 18.2 Å². The van der Waals surface area contributed by atoms with E-state index in [2.05, 4.69) is 15.5 Å². The van der Waals surface area contributed by atoms with Crippen molar-refractivity contribution in [3.63, 3.8) is 0 Å². The van der Waals surface area contributed by atoms with E-state index in [0.717, 1.165) is 15.1 Å². The molecule has 1 amide bonds. The maximum Gasteiger partial charge on any atom is 0.264 e. The predicted octanol–water partition coefficient (Wildman–Crippen LogP) is 3.43. The maximum absolute atomic E-state index is 11.9. The highest BCUT2D eigenvalue weighted by Gasteiger charge is 2.09. The third kappa shape index (κ3) is 3.37. The van der Waals surface area contributed by atoms with Gasteiger partial charge in [0, 0.05) is 5.39 Å². The van der Waals surface area contributed by atoms with E-state index in [1.54, 1.807) is 0 Å². The quantitative estimate of drug-likeness (QED) is 0.573. The van der Waals surface area contributed by atoms with Gasteiger partial charge in [-0.1, -0.05) is 59.5 Å². The second kappa shape index (κ2) is 6.76. The Hall–Kier alpha value is -2.12. The van der Waals surface area contributed by atoms with Crippen LogP contribution in [-0.2, 0) is 4.79 Å². The Bertz CT molecular complexity index is 799. The lowest BCUT2D eigenvalue weighted by Gasteiger charge is -2.08. The molecule has 0 unspecified atom stereocenters. The number of fused-ring (bicyclic) bond motifs is 1. The molecule has 2 aromatic carbocycles. The molecule has 0 radical (unpaired) electrons. The molecule has 22 heavy (non-hydrogen) atoms. The predicted molar refractivity (Wildman–Crippen MR) is 89.8 cm³/mol. The van der Waals surface area contributed by atoms with E-state index in [1.807, 2.05) is 48.7 Å². The molecular formula is C15H13N3O2S2. The Balaban J connectivity index is 1.65. The number of thioether (sulfide) groups is 1. The van der Waals surface area contributed by atoms with Gasteiger partial charge >= 0.3 is 0 Å². The first-order valence-electron chi connectivity index (χ1n) is 6.54. The van der Waals surface area contributed by atoms with Crippen LogP contribution in [0.5, 0.6) is 5.75 Å². The number of nitrogens with one attached hydrogen (secondary N) is 1. The van der Waals surface area contributed by atoms with Crippen LogP contribution < -0.4 is 10.1 Å². The second-order valence-corrected chi connectivity index (χ2v) is 6.42. The van der Waals surface area contributed by atoms with Crippen molar-refractivity contribution in [1.29, 1.82) is 0 Å². The van der Waals surface area contributed by atoms with Crippen LogP contribution in [0.25, 0.3) is 10.8 Å². The van der Waals surface area contributed by atoms with Crippen molar-refractivity contribution < 1.29 is 9.53 Å². The third-order valence-electron chi connectivity index (χ3n) is 2.94. The van der Waals surface area contributed by atoms with E-state index in [-0.39, 0.29) is 12.5 Å². The smallest absolute Gasteiger partial charge is 0.264 e. The number of hydrogen-bond acceptors (Lipinski definition) is 6. The van der Waals surface area contributed by atoms with Crippen LogP contribution in [0.4, 0.5) is 5.13 Å². The van der Waals surface area contributed by atoms with Gasteiger partial charge in [0.2, 0.25) is 5.13 Å². The fourth-order valence-electron chi connectivity index (χ4n) is 1.96. The number of amides is 1. The molecule has 3 aromatic rings. The molecule has 112 valence electrons. The molecule has 0 aliphatic carbocycles. The van der Waals surface area contributed by atoms with Gasteiger partial charge in [-0.25, -0.2) is 0 Å². The lowest BCUT2D eigenvalue weighted by atomic mass is 10.1. The van der Waals surface area contributed by atoms with Gasteiger partial charge in [0.25, 0.3) is 5.91 Å². The molecule has 3 rings (SSSR count). The minimum atomic E-state index is -0.253. The Kier molecular flexibility index (Phi) is 4.55. The molecule has 1 aromatic heterocycles. The molecule has 0 spiro atoms. The number of hydrogen-bond donors (Lipinski definition) is 1. The second-order valence-electron chi connectivity index (χ2n) is 4.39. The topological polar surface area (TPSA) is 64.1 Å². The van der Waals surface area contributed by atoms with Crippen LogP contribution in [0.1, 0.15) is 0 Å². The van der Waals surface area contributed by atoms with Crippen LogP contribution in [0.3, 0.4) is 0 Å². The molecule has 0 aliphatic rings. The first-order chi connectivity index (χ1) is 10.8. The molecular weight excluding hydrogens is 318 g/mol. The molecule has 7 heteroatoms. The van der Waals surface area contributed by atoms with Crippen LogP contribution >= 0.6 is 23.1 Å². The van der Waals surface area contributed by atoms with Gasteiger partial charge in [-0.2, -0.15) is 0 Å². The Morgan fingerprint density at radius 2 is 2.05 bits per heavy atom. The zero-order chi connectivity index (χ0) is 15.4. The third-order valence-corrected chi connectivity index (χ3v) is 4.75. The number of rotatable bonds is 5. The van der Waals surface area contributed by atoms with Gasteiger partial charge in [-0.3, -0.25) is 10.1 Å². The maximum atomic E-state index is 11.9. The summed E-state index contributed by atoms with van der Waals surface area (Å²) in [5, 5.41) is 13.0. The monoisotopic (exact) mass is 331 g/mol. The van der Waals surface area contributed by atoms with E-state index in [0.29, 0.717) is 10.9 Å². The highest BCUT2D eigenvalue weighted by molar-refractivity contribution is 8.00. The van der Waals surface area contributed by atoms with E-state index < -0.39 is 0 Å². The summed E-state index contributed by atoms with van der Waals surface area (Å²) in [6.45, 7) is -0.0673. The Morgan fingerprint density at radius 3 is 2.86 bits per heavy atom. The summed E-state index contributed by atoms with van der Waals surface area (Å²) in [5.74, 6) is 0.437. The van der Waals surface area contributed by atoms with Crippen molar-refractivity contribution >= 4 is 44.9 Å². The molecule has 0 saturated heterocycles. The number of carbonyl (C=O) groups is 1. The fraction of sp³-hybridized carbons (Fsp3) is 0.133. The van der Waals surface area contributed by atoms with Crippen molar-refractivity contribution in [3.05, 3.63) is 42.5 Å². The number of carbonyl (C=O) groups excluding carboxylic acids is 1. The summed E-state index contributed by atoms with van der Waals surface area (Å²) in [6.07, 6.45) is 1.91. The average molecular weight is 331 g/mol. The first-order valence-corrected chi connectivity index (χ1v) is 8.58. The van der Waals surface area contributed by atoms with E-state index >= 15 is 0 Å². The van der Waals surface area contributed by atoms with Crippen LogP contribution in [0.2, 0.25) is 0 Å². The number of aromatic nitrogens is 2. The van der Waals surface area contributed by atoms with Gasteiger partial charge in [0.1, 0.15) is 5.75 Å². The number of nitrogens with zero attached hydrogens (tertiary/aromatic N) is 2. The molecule has 0 bridgehead atoms. The number of anilines is 1. The average Bonchev–Trinajstić information content (AvgIpc) is 3.00. The minimum Gasteiger partial charge on any atom is -0.483 e. The van der Waals surface area contributed by atoms with E-state index in [9.17, 15) is 4.79 Å². The Labute approximate surface area is 135 Å². The van der Waals surface area contributed by atoms with Gasteiger partial charge in [0.15, 0.2) is 10.9 Å². The molecule has 0 aliphatic heterocycles. The summed E-state index contributed by atoms with van der Waals surface area (Å²) >= 11 is 2.83. The molecule has 1 heterocycles. The number of ether oxygens (including phenoxy) is 1. The zero-order valence-electron chi connectivity index (χ0n) is 11.8. The first kappa shape index (κ1) is 14.8. The molecule has 0 saturated carbocycles. The highest BCUT2D eigenvalue weighted by Crippen LogP contribution is 2.25. The summed E-state index contributed by atoms with van der Waals surface area (Å²) in [6, 6.07) is 13.7. The lowest BCUT2D eigenvalue weighted by Crippen LogP contribution is -2.20. The summed E-state index contributed by atoms with van der Waals surface area (Å²) in [4.78, 5) is 11.9. The van der Waals surface area contributed by atoms with E-state index in [1.165, 1.54) is 23.1 Å². The Morgan fingerprint density at radius 1 is 1.23 bits per heavy atom. The molecule has 5 nitrogen and oxygen atoms in total. The minimum absolute atomic E-state index is 0.0673. The van der Waals surface area contributed by atoms with Crippen LogP contribution in [0, 0.1) is 0 Å². The largest absolute Gasteiger partial charge is 0.483 e. The van der Waals surface area contributed by atoms with Crippen molar-refractivity contribution in [1.82, 2.24) is 10.2 Å². The SMILES string of the molecule is CSc1nnc(NC(=O)COc2cccc3ccccc23)s1. The summed E-state index contributed by atoms with van der Waals surface area (Å²) in [5.41, 5.74) is 0. The summed E-state index contributed by atoms with van der Waals surface area (Å²) in [7, 11) is 0. The standard InChI is InChI=1S/C15H13N3O2S2/c1-21-15-18-17-14(22-15)16-13(19)9-20-12-8-4-6-10-5-2-3-7-11(10)12/h2-8H,9H2,1H3,(H,16,17,19). The van der Waals surface area contributed by atoms with E-state index in [4.69, 9.17) is 4.74 Å². The molecule has 0 fully saturated rings. The van der Waals surface area contributed by atoms with Gasteiger partial charge in [-0.05, 0) is 17.7 Å². The normalized spacial score (nSPS) is 10.6. The highest BCUT2D eigenvalue weighted by atomic mass is 32.2. The van der Waals surface area contributed by atoms with Crippen LogP contribution in [0.15, 0.2) is 46.8 Å². The zero-order valence-corrected chi connectivity index (χ0v) is 13.4. The van der Waals surface area contributed by atoms with Crippen molar-refractivity contribution in [3.8, 4) is 5.75 Å². The van der Waals surface area contributed by atoms with Gasteiger partial charge in [0.05, 0.1) is 0 Å². The van der Waals surface area contributed by atoms with Crippen molar-refractivity contribution in [2.45, 2.75) is 4.34 Å². The lowest BCUT2D eigenvalue weighted by molar-refractivity contribution is -0.118. The molecule has 0 atom stereocenters. The van der Waals surface area contributed by atoms with Gasteiger partial charge in [-0.15, -0.1) is 10.2 Å². The van der Waals surface area contributed by atoms with Crippen LogP contribution in [-0.4, -0.2) is 29.0 Å². The van der Waals surface area contributed by atoms with Crippen molar-refractivity contribution in [2.24, 2.45) is 0 Å². The molecule has 1 N–H and O–H groups in total.